The molecule has 1 aliphatic heterocycles. The number of halogens is 1. The highest BCUT2D eigenvalue weighted by Crippen LogP contribution is 2.25. The zero-order chi connectivity index (χ0) is 13.1. The number of aromatic nitrogens is 2. The monoisotopic (exact) mass is 314 g/mol. The molecule has 0 bridgehead atoms. The van der Waals surface area contributed by atoms with Crippen LogP contribution in [-0.4, -0.2) is 36.0 Å². The summed E-state index contributed by atoms with van der Waals surface area (Å²) in [6.45, 7) is 2.12. The second kappa shape index (κ2) is 5.84. The van der Waals surface area contributed by atoms with Gasteiger partial charge in [0.1, 0.15) is 4.47 Å². The molecule has 0 radical (unpaired) electrons. The minimum Gasteiger partial charge on any atom is -0.369 e. The Labute approximate surface area is 115 Å². The van der Waals surface area contributed by atoms with Crippen LogP contribution in [0.2, 0.25) is 0 Å². The van der Waals surface area contributed by atoms with Crippen molar-refractivity contribution in [2.45, 2.75) is 25.3 Å². The molecule has 2 heterocycles. The summed E-state index contributed by atoms with van der Waals surface area (Å²) in [5.74, 6) is 0. The van der Waals surface area contributed by atoms with E-state index in [1.165, 1.54) is 11.1 Å². The molecule has 0 spiro atoms. The first kappa shape index (κ1) is 13.5. The first-order chi connectivity index (χ1) is 8.61. The van der Waals surface area contributed by atoms with Gasteiger partial charge in [0, 0.05) is 20.1 Å². The lowest BCUT2D eigenvalue weighted by atomic mass is 10.1. The lowest BCUT2D eigenvalue weighted by Gasteiger charge is -2.29. The summed E-state index contributed by atoms with van der Waals surface area (Å²) in [6, 6.07) is 0.463. The second-order valence-corrected chi connectivity index (χ2v) is 5.51. The summed E-state index contributed by atoms with van der Waals surface area (Å²) in [5, 5.41) is 7.49. The van der Waals surface area contributed by atoms with E-state index in [9.17, 15) is 4.79 Å². The van der Waals surface area contributed by atoms with E-state index >= 15 is 0 Å². The Balaban J connectivity index is 2.25. The van der Waals surface area contributed by atoms with E-state index in [2.05, 4.69) is 31.2 Å². The van der Waals surface area contributed by atoms with Gasteiger partial charge in [-0.2, -0.15) is 5.10 Å². The van der Waals surface area contributed by atoms with Gasteiger partial charge >= 0.3 is 0 Å². The van der Waals surface area contributed by atoms with Gasteiger partial charge in [0.2, 0.25) is 0 Å². The Hall–Kier alpha value is -0.880. The Bertz CT molecular complexity index is 466. The minimum absolute atomic E-state index is 0.0916. The van der Waals surface area contributed by atoms with Crippen molar-refractivity contribution in [2.75, 3.05) is 25.0 Å². The van der Waals surface area contributed by atoms with Gasteiger partial charge in [0.05, 0.1) is 11.9 Å². The van der Waals surface area contributed by atoms with Gasteiger partial charge in [0.25, 0.3) is 5.56 Å². The van der Waals surface area contributed by atoms with Gasteiger partial charge in [0.15, 0.2) is 0 Å². The van der Waals surface area contributed by atoms with Crippen molar-refractivity contribution in [3.63, 3.8) is 0 Å². The van der Waals surface area contributed by atoms with Crippen molar-refractivity contribution in [2.24, 2.45) is 7.05 Å². The summed E-state index contributed by atoms with van der Waals surface area (Å²) in [7, 11) is 3.70. The molecular formula is C12H19BrN4O. The molecule has 1 saturated heterocycles. The fourth-order valence-corrected chi connectivity index (χ4v) is 2.97. The zero-order valence-electron chi connectivity index (χ0n) is 10.8. The third-order valence-electron chi connectivity index (χ3n) is 3.53. The van der Waals surface area contributed by atoms with E-state index in [0.717, 1.165) is 31.6 Å². The molecular weight excluding hydrogens is 296 g/mol. The Kier molecular flexibility index (Phi) is 4.40. The lowest BCUT2D eigenvalue weighted by Crippen LogP contribution is -2.34. The normalized spacial score (nSPS) is 20.5. The Morgan fingerprint density at radius 3 is 3.06 bits per heavy atom. The predicted molar refractivity (Wildman–Crippen MR) is 76.1 cm³/mol. The maximum Gasteiger partial charge on any atom is 0.282 e. The van der Waals surface area contributed by atoms with E-state index < -0.39 is 0 Å². The van der Waals surface area contributed by atoms with Crippen molar-refractivity contribution < 1.29 is 0 Å². The molecule has 0 aliphatic carbocycles. The minimum atomic E-state index is -0.0916. The summed E-state index contributed by atoms with van der Waals surface area (Å²) >= 11 is 3.39. The molecule has 5 nitrogen and oxygen atoms in total. The molecule has 0 saturated carbocycles. The van der Waals surface area contributed by atoms with Crippen LogP contribution in [-0.2, 0) is 7.05 Å². The average molecular weight is 315 g/mol. The topological polar surface area (TPSA) is 50.2 Å². The smallest absolute Gasteiger partial charge is 0.282 e. The standard InChI is InChI=1S/C12H19BrN4O/c1-16(9-4-3-6-14-7-5-9)10-8-15-17(2)12(18)11(10)13/h8-9,14H,3-7H2,1-2H3. The molecule has 1 aromatic rings. The molecule has 2 rings (SSSR count). The molecule has 0 aromatic carbocycles. The molecule has 18 heavy (non-hydrogen) atoms. The fourth-order valence-electron chi connectivity index (χ4n) is 2.33. The molecule has 1 aromatic heterocycles. The fraction of sp³-hybridized carbons (Fsp3) is 0.667. The quantitative estimate of drug-likeness (QED) is 0.889. The Morgan fingerprint density at radius 2 is 2.28 bits per heavy atom. The highest BCUT2D eigenvalue weighted by Gasteiger charge is 2.20. The summed E-state index contributed by atoms with van der Waals surface area (Å²) in [5.41, 5.74) is 0.788. The average Bonchev–Trinajstić information content (AvgIpc) is 2.64. The lowest BCUT2D eigenvalue weighted by molar-refractivity contribution is 0.562. The first-order valence-corrected chi connectivity index (χ1v) is 7.06. The van der Waals surface area contributed by atoms with Gasteiger partial charge < -0.3 is 10.2 Å². The maximum atomic E-state index is 11.9. The van der Waals surface area contributed by atoms with Crippen LogP contribution in [0.1, 0.15) is 19.3 Å². The molecule has 1 atom stereocenters. The molecule has 0 amide bonds. The number of rotatable bonds is 2. The summed E-state index contributed by atoms with van der Waals surface area (Å²) in [6.07, 6.45) is 5.16. The highest BCUT2D eigenvalue weighted by molar-refractivity contribution is 9.10. The van der Waals surface area contributed by atoms with Gasteiger partial charge in [-0.1, -0.05) is 0 Å². The number of hydrogen-bond acceptors (Lipinski definition) is 4. The van der Waals surface area contributed by atoms with Crippen LogP contribution in [0.4, 0.5) is 5.69 Å². The number of hydrogen-bond donors (Lipinski definition) is 1. The first-order valence-electron chi connectivity index (χ1n) is 6.26. The van der Waals surface area contributed by atoms with Crippen molar-refractivity contribution >= 4 is 21.6 Å². The zero-order valence-corrected chi connectivity index (χ0v) is 12.4. The molecule has 6 heteroatoms. The van der Waals surface area contributed by atoms with Gasteiger partial charge in [-0.15, -0.1) is 0 Å². The van der Waals surface area contributed by atoms with E-state index in [1.807, 2.05) is 7.05 Å². The van der Waals surface area contributed by atoms with E-state index in [-0.39, 0.29) is 5.56 Å². The van der Waals surface area contributed by atoms with Crippen LogP contribution >= 0.6 is 15.9 Å². The maximum absolute atomic E-state index is 11.9. The van der Waals surface area contributed by atoms with Crippen LogP contribution < -0.4 is 15.8 Å². The SMILES string of the molecule is CN(c1cnn(C)c(=O)c1Br)C1CCCNCC1. The largest absolute Gasteiger partial charge is 0.369 e. The third-order valence-corrected chi connectivity index (χ3v) is 4.28. The van der Waals surface area contributed by atoms with Crippen LogP contribution in [0.15, 0.2) is 15.5 Å². The molecule has 1 aliphatic rings. The molecule has 100 valence electrons. The van der Waals surface area contributed by atoms with Gasteiger partial charge in [-0.3, -0.25) is 4.79 Å². The third kappa shape index (κ3) is 2.75. The summed E-state index contributed by atoms with van der Waals surface area (Å²) in [4.78, 5) is 14.0. The van der Waals surface area contributed by atoms with Gasteiger partial charge in [-0.05, 0) is 48.3 Å². The molecule has 1 unspecified atom stereocenters. The van der Waals surface area contributed by atoms with Crippen LogP contribution in [0.5, 0.6) is 0 Å². The van der Waals surface area contributed by atoms with Crippen LogP contribution in [0, 0.1) is 0 Å². The van der Waals surface area contributed by atoms with E-state index in [4.69, 9.17) is 0 Å². The number of aryl methyl sites for hydroxylation is 1. The second-order valence-electron chi connectivity index (χ2n) is 4.72. The predicted octanol–water partition coefficient (Wildman–Crippen LogP) is 1.12. The highest BCUT2D eigenvalue weighted by atomic mass is 79.9. The van der Waals surface area contributed by atoms with E-state index in [0.29, 0.717) is 10.5 Å². The Morgan fingerprint density at radius 1 is 1.50 bits per heavy atom. The van der Waals surface area contributed by atoms with Crippen LogP contribution in [0.25, 0.3) is 0 Å². The van der Waals surface area contributed by atoms with Crippen molar-refractivity contribution in [1.82, 2.24) is 15.1 Å². The van der Waals surface area contributed by atoms with Crippen molar-refractivity contribution in [3.05, 3.63) is 21.0 Å². The number of nitrogens with zero attached hydrogens (tertiary/aromatic N) is 3. The van der Waals surface area contributed by atoms with Crippen molar-refractivity contribution in [3.8, 4) is 0 Å². The summed E-state index contributed by atoms with van der Waals surface area (Å²) < 4.78 is 1.94. The molecule has 1 fully saturated rings. The van der Waals surface area contributed by atoms with E-state index in [1.54, 1.807) is 13.2 Å². The number of anilines is 1. The number of nitrogens with one attached hydrogen (secondary N) is 1. The van der Waals surface area contributed by atoms with Crippen molar-refractivity contribution in [1.29, 1.82) is 0 Å². The van der Waals surface area contributed by atoms with Gasteiger partial charge in [-0.25, -0.2) is 4.68 Å². The van der Waals surface area contributed by atoms with Crippen LogP contribution in [0.3, 0.4) is 0 Å². The molecule has 1 N–H and O–H groups in total.